The van der Waals surface area contributed by atoms with Crippen LogP contribution in [0.4, 0.5) is 0 Å². The summed E-state index contributed by atoms with van der Waals surface area (Å²) in [6.45, 7) is 0. The second-order valence-electron chi connectivity index (χ2n) is 3.63. The van der Waals surface area contributed by atoms with Gasteiger partial charge in [0.25, 0.3) is 5.91 Å². The lowest BCUT2D eigenvalue weighted by atomic mass is 10.1. The molecule has 1 aromatic heterocycles. The zero-order valence-corrected chi connectivity index (χ0v) is 11.0. The lowest BCUT2D eigenvalue weighted by Crippen LogP contribution is -2.36. The van der Waals surface area contributed by atoms with Gasteiger partial charge in [-0.05, 0) is 34.1 Å². The van der Waals surface area contributed by atoms with Gasteiger partial charge < -0.3 is 10.1 Å². The summed E-state index contributed by atoms with van der Waals surface area (Å²) in [6.07, 6.45) is -0.395. The van der Waals surface area contributed by atoms with Crippen LogP contribution in [-0.4, -0.2) is 5.91 Å². The minimum absolute atomic E-state index is 0.0960. The summed E-state index contributed by atoms with van der Waals surface area (Å²) in [5, 5.41) is 4.79. The molecule has 2 heterocycles. The first-order valence-corrected chi connectivity index (χ1v) is 6.72. The van der Waals surface area contributed by atoms with Gasteiger partial charge in [0.05, 0.1) is 10.4 Å². The van der Waals surface area contributed by atoms with E-state index < -0.39 is 6.23 Å². The van der Waals surface area contributed by atoms with Crippen molar-refractivity contribution in [1.29, 1.82) is 0 Å². The third-order valence-corrected chi connectivity index (χ3v) is 4.22. The van der Waals surface area contributed by atoms with Crippen molar-refractivity contribution in [3.63, 3.8) is 0 Å². The molecule has 0 saturated carbocycles. The monoisotopic (exact) mass is 309 g/mol. The van der Waals surface area contributed by atoms with Gasteiger partial charge in [-0.2, -0.15) is 0 Å². The molecular formula is C12H8BrNO2S. The van der Waals surface area contributed by atoms with Crippen molar-refractivity contribution in [2.45, 2.75) is 6.23 Å². The lowest BCUT2D eigenvalue weighted by molar-refractivity contribution is 0.0762. The molecule has 1 aliphatic heterocycles. The van der Waals surface area contributed by atoms with Crippen LogP contribution < -0.4 is 10.1 Å². The van der Waals surface area contributed by atoms with Crippen molar-refractivity contribution in [3.8, 4) is 5.75 Å². The van der Waals surface area contributed by atoms with Crippen LogP contribution in [0, 0.1) is 0 Å². The van der Waals surface area contributed by atoms with Gasteiger partial charge in [0, 0.05) is 9.85 Å². The Morgan fingerprint density at radius 3 is 2.94 bits per heavy atom. The molecule has 3 nitrogen and oxygen atoms in total. The molecule has 17 heavy (non-hydrogen) atoms. The van der Waals surface area contributed by atoms with Gasteiger partial charge in [-0.3, -0.25) is 4.79 Å². The molecule has 0 bridgehead atoms. The van der Waals surface area contributed by atoms with Gasteiger partial charge in [0.1, 0.15) is 5.75 Å². The smallest absolute Gasteiger partial charge is 0.258 e. The number of hydrogen-bond acceptors (Lipinski definition) is 3. The van der Waals surface area contributed by atoms with Gasteiger partial charge in [0.15, 0.2) is 0 Å². The standard InChI is InChI=1S/C12H8BrNO2S/c13-7-5-10(17-6-7)12-14-11(15)8-3-1-2-4-9(8)16-12/h1-6,12H,(H,14,15)/t12-/m1/s1. The lowest BCUT2D eigenvalue weighted by Gasteiger charge is -2.25. The van der Waals surface area contributed by atoms with Crippen molar-refractivity contribution >= 4 is 33.2 Å². The van der Waals surface area contributed by atoms with Crippen LogP contribution in [0.25, 0.3) is 0 Å². The number of ether oxygens (including phenoxy) is 1. The van der Waals surface area contributed by atoms with Crippen molar-refractivity contribution in [1.82, 2.24) is 5.32 Å². The van der Waals surface area contributed by atoms with Crippen molar-refractivity contribution in [2.24, 2.45) is 0 Å². The van der Waals surface area contributed by atoms with Gasteiger partial charge in [-0.15, -0.1) is 11.3 Å². The molecule has 86 valence electrons. The maximum Gasteiger partial charge on any atom is 0.258 e. The third-order valence-electron chi connectivity index (χ3n) is 2.48. The number of hydrogen-bond donors (Lipinski definition) is 1. The molecule has 1 amide bonds. The van der Waals surface area contributed by atoms with Crippen LogP contribution in [0.15, 0.2) is 40.2 Å². The molecule has 0 fully saturated rings. The highest BCUT2D eigenvalue weighted by molar-refractivity contribution is 9.10. The summed E-state index contributed by atoms with van der Waals surface area (Å²) in [7, 11) is 0. The van der Waals surface area contributed by atoms with E-state index in [1.165, 1.54) is 0 Å². The zero-order valence-electron chi connectivity index (χ0n) is 8.64. The molecule has 1 N–H and O–H groups in total. The van der Waals surface area contributed by atoms with E-state index >= 15 is 0 Å². The largest absolute Gasteiger partial charge is 0.465 e. The Labute approximate surface area is 111 Å². The van der Waals surface area contributed by atoms with E-state index in [1.54, 1.807) is 17.4 Å². The van der Waals surface area contributed by atoms with Crippen molar-refractivity contribution in [2.75, 3.05) is 0 Å². The SMILES string of the molecule is O=C1N[C@@H](c2cc(Br)cs2)Oc2ccccc21. The van der Waals surface area contributed by atoms with E-state index in [2.05, 4.69) is 21.2 Å². The summed E-state index contributed by atoms with van der Waals surface area (Å²) in [5.41, 5.74) is 0.583. The second-order valence-corrected chi connectivity index (χ2v) is 5.49. The zero-order chi connectivity index (χ0) is 11.8. The minimum Gasteiger partial charge on any atom is -0.465 e. The topological polar surface area (TPSA) is 38.3 Å². The third kappa shape index (κ3) is 1.96. The number of carbonyl (C=O) groups is 1. The second kappa shape index (κ2) is 4.16. The molecule has 0 unspecified atom stereocenters. The molecule has 1 aliphatic rings. The van der Waals surface area contributed by atoms with Crippen molar-refractivity contribution < 1.29 is 9.53 Å². The first-order chi connectivity index (χ1) is 8.24. The Bertz CT molecular complexity index is 581. The highest BCUT2D eigenvalue weighted by atomic mass is 79.9. The molecule has 0 radical (unpaired) electrons. The van der Waals surface area contributed by atoms with Crippen LogP contribution in [0.1, 0.15) is 21.5 Å². The molecule has 3 rings (SSSR count). The van der Waals surface area contributed by atoms with Gasteiger partial charge in [-0.1, -0.05) is 12.1 Å². The highest BCUT2D eigenvalue weighted by Crippen LogP contribution is 2.32. The Kier molecular flexibility index (Phi) is 2.64. The summed E-state index contributed by atoms with van der Waals surface area (Å²) in [4.78, 5) is 12.8. The number of rotatable bonds is 1. The first-order valence-electron chi connectivity index (χ1n) is 5.04. The van der Waals surface area contributed by atoms with Gasteiger partial charge in [-0.25, -0.2) is 0 Å². The number of amides is 1. The van der Waals surface area contributed by atoms with E-state index in [0.717, 1.165) is 9.35 Å². The Hall–Kier alpha value is -1.33. The Balaban J connectivity index is 1.96. The van der Waals surface area contributed by atoms with E-state index in [4.69, 9.17) is 4.74 Å². The van der Waals surface area contributed by atoms with Crippen LogP contribution >= 0.6 is 27.3 Å². The van der Waals surface area contributed by atoms with Crippen molar-refractivity contribution in [3.05, 3.63) is 50.6 Å². The van der Waals surface area contributed by atoms with E-state index in [-0.39, 0.29) is 5.91 Å². The number of benzene rings is 1. The fraction of sp³-hybridized carbons (Fsp3) is 0.0833. The number of fused-ring (bicyclic) bond motifs is 1. The normalized spacial score (nSPS) is 18.2. The van der Waals surface area contributed by atoms with Crippen LogP contribution in [0.2, 0.25) is 0 Å². The predicted octanol–water partition coefficient (Wildman–Crippen LogP) is 3.33. The number of nitrogens with one attached hydrogen (secondary N) is 1. The van der Waals surface area contributed by atoms with Gasteiger partial charge in [0.2, 0.25) is 6.23 Å². The number of carbonyl (C=O) groups excluding carboxylic acids is 1. The Morgan fingerprint density at radius 2 is 2.18 bits per heavy atom. The fourth-order valence-corrected chi connectivity index (χ4v) is 3.13. The minimum atomic E-state index is -0.395. The average Bonchev–Trinajstić information content (AvgIpc) is 2.76. The maximum atomic E-state index is 11.9. The molecule has 0 aliphatic carbocycles. The first kappa shape index (κ1) is 10.8. The summed E-state index contributed by atoms with van der Waals surface area (Å²) >= 11 is 4.93. The number of thiophene rings is 1. The fourth-order valence-electron chi connectivity index (χ4n) is 1.71. The summed E-state index contributed by atoms with van der Waals surface area (Å²) in [5.74, 6) is 0.534. The number of para-hydroxylation sites is 1. The van der Waals surface area contributed by atoms with Gasteiger partial charge >= 0.3 is 0 Å². The Morgan fingerprint density at radius 1 is 1.35 bits per heavy atom. The number of halogens is 1. The molecule has 0 saturated heterocycles. The maximum absolute atomic E-state index is 11.9. The van der Waals surface area contributed by atoms with Crippen LogP contribution in [0.5, 0.6) is 5.75 Å². The average molecular weight is 310 g/mol. The summed E-state index contributed by atoms with van der Waals surface area (Å²) < 4.78 is 6.75. The van der Waals surface area contributed by atoms with Crippen LogP contribution in [0.3, 0.4) is 0 Å². The molecule has 1 aromatic carbocycles. The molecule has 5 heteroatoms. The predicted molar refractivity (Wildman–Crippen MR) is 69.3 cm³/mol. The van der Waals surface area contributed by atoms with E-state index in [1.807, 2.05) is 29.6 Å². The van der Waals surface area contributed by atoms with E-state index in [0.29, 0.717) is 11.3 Å². The molecular weight excluding hydrogens is 302 g/mol. The highest BCUT2D eigenvalue weighted by Gasteiger charge is 2.26. The molecule has 2 aromatic rings. The molecule has 1 atom stereocenters. The summed E-state index contributed by atoms with van der Waals surface area (Å²) in [6, 6.07) is 9.20. The van der Waals surface area contributed by atoms with E-state index in [9.17, 15) is 4.79 Å². The molecule has 0 spiro atoms. The van der Waals surface area contributed by atoms with Crippen LogP contribution in [-0.2, 0) is 0 Å². The quantitative estimate of drug-likeness (QED) is 0.877.